The Labute approximate surface area is 134 Å². The lowest BCUT2D eigenvalue weighted by Gasteiger charge is -2.56. The van der Waals surface area contributed by atoms with E-state index in [1.54, 1.807) is 45.6 Å². The summed E-state index contributed by atoms with van der Waals surface area (Å²) in [6, 6.07) is 8.53. The van der Waals surface area contributed by atoms with Crippen molar-refractivity contribution in [1.29, 1.82) is 0 Å². The highest BCUT2D eigenvalue weighted by molar-refractivity contribution is 5.26. The monoisotopic (exact) mass is 300 g/mol. The highest BCUT2D eigenvalue weighted by Crippen LogP contribution is 2.61. The van der Waals surface area contributed by atoms with Crippen LogP contribution >= 0.6 is 0 Å². The van der Waals surface area contributed by atoms with Crippen LogP contribution in [0.25, 0.3) is 0 Å². The molecular formula is C20H30NO+. The first kappa shape index (κ1) is 14.6. The van der Waals surface area contributed by atoms with E-state index >= 15 is 0 Å². The van der Waals surface area contributed by atoms with Crippen LogP contribution in [0.2, 0.25) is 0 Å². The number of quaternary nitrogens is 1. The first-order valence-corrected chi connectivity index (χ1v) is 9.19. The van der Waals surface area contributed by atoms with Gasteiger partial charge in [-0.05, 0) is 86.0 Å². The fourth-order valence-electron chi connectivity index (χ4n) is 6.03. The molecule has 4 bridgehead atoms. The quantitative estimate of drug-likeness (QED) is 0.801. The van der Waals surface area contributed by atoms with Gasteiger partial charge in [0.15, 0.2) is 0 Å². The average Bonchev–Trinajstić information content (AvgIpc) is 2.51. The molecule has 0 heterocycles. The zero-order valence-corrected chi connectivity index (χ0v) is 13.9. The molecule has 0 aromatic heterocycles. The number of hydrogen-bond donors (Lipinski definition) is 1. The first-order chi connectivity index (χ1) is 10.7. The van der Waals surface area contributed by atoms with Crippen molar-refractivity contribution in [2.75, 3.05) is 13.7 Å². The van der Waals surface area contributed by atoms with Crippen LogP contribution in [0.15, 0.2) is 24.3 Å². The molecule has 0 amide bonds. The predicted octanol–water partition coefficient (Wildman–Crippen LogP) is 3.37. The summed E-state index contributed by atoms with van der Waals surface area (Å²) in [5, 5.41) is 2.51. The fraction of sp³-hybridized carbons (Fsp3) is 0.700. The van der Waals surface area contributed by atoms with Gasteiger partial charge in [0.1, 0.15) is 12.3 Å². The molecule has 4 saturated carbocycles. The lowest BCUT2D eigenvalue weighted by Crippen LogP contribution is -2.83. The van der Waals surface area contributed by atoms with Crippen LogP contribution in [0.4, 0.5) is 0 Å². The van der Waals surface area contributed by atoms with Crippen molar-refractivity contribution in [1.82, 2.24) is 0 Å². The molecule has 2 heteroatoms. The lowest BCUT2D eigenvalue weighted by atomic mass is 9.49. The molecule has 2 nitrogen and oxygen atoms in total. The van der Waals surface area contributed by atoms with Crippen molar-refractivity contribution in [3.05, 3.63) is 29.8 Å². The van der Waals surface area contributed by atoms with Crippen molar-refractivity contribution >= 4 is 0 Å². The van der Waals surface area contributed by atoms with Gasteiger partial charge in [-0.25, -0.2) is 0 Å². The number of benzene rings is 1. The molecular weight excluding hydrogens is 270 g/mol. The van der Waals surface area contributed by atoms with Gasteiger partial charge in [0.2, 0.25) is 0 Å². The van der Waals surface area contributed by atoms with Crippen LogP contribution in [0.3, 0.4) is 0 Å². The van der Waals surface area contributed by atoms with Crippen LogP contribution in [0, 0.1) is 23.2 Å². The molecule has 1 aromatic carbocycles. The topological polar surface area (TPSA) is 25.8 Å². The number of hydrogen-bond acceptors (Lipinski definition) is 1. The third-order valence-corrected chi connectivity index (χ3v) is 6.58. The van der Waals surface area contributed by atoms with E-state index in [4.69, 9.17) is 4.74 Å². The van der Waals surface area contributed by atoms with Gasteiger partial charge >= 0.3 is 0 Å². The fourth-order valence-corrected chi connectivity index (χ4v) is 6.03. The molecule has 0 atom stereocenters. The van der Waals surface area contributed by atoms with E-state index in [1.165, 1.54) is 18.5 Å². The minimum Gasteiger partial charge on any atom is -0.497 e. The van der Waals surface area contributed by atoms with Crippen molar-refractivity contribution in [3.63, 3.8) is 0 Å². The second kappa shape index (κ2) is 5.88. The van der Waals surface area contributed by atoms with E-state index in [2.05, 4.69) is 29.6 Å². The van der Waals surface area contributed by atoms with Gasteiger partial charge in [0, 0.05) is 12.0 Å². The molecule has 0 aliphatic heterocycles. The number of ether oxygens (including phenoxy) is 1. The molecule has 5 rings (SSSR count). The summed E-state index contributed by atoms with van der Waals surface area (Å²) in [5.41, 5.74) is 2.15. The molecule has 120 valence electrons. The summed E-state index contributed by atoms with van der Waals surface area (Å²) >= 11 is 0. The summed E-state index contributed by atoms with van der Waals surface area (Å²) in [6.45, 7) is 2.41. The van der Waals surface area contributed by atoms with Gasteiger partial charge < -0.3 is 10.1 Å². The first-order valence-electron chi connectivity index (χ1n) is 9.19. The van der Waals surface area contributed by atoms with Gasteiger partial charge in [-0.3, -0.25) is 0 Å². The lowest BCUT2D eigenvalue weighted by molar-refractivity contribution is -0.672. The Morgan fingerprint density at radius 3 is 2.14 bits per heavy atom. The molecule has 0 unspecified atom stereocenters. The highest BCUT2D eigenvalue weighted by Gasteiger charge is 2.50. The zero-order valence-electron chi connectivity index (χ0n) is 13.9. The van der Waals surface area contributed by atoms with Crippen LogP contribution < -0.4 is 10.1 Å². The largest absolute Gasteiger partial charge is 0.497 e. The van der Waals surface area contributed by atoms with Crippen LogP contribution in [0.5, 0.6) is 5.75 Å². The number of nitrogens with two attached hydrogens (primary N) is 1. The smallest absolute Gasteiger partial charge is 0.118 e. The maximum Gasteiger partial charge on any atom is 0.118 e. The van der Waals surface area contributed by atoms with Crippen molar-refractivity contribution in [2.45, 2.75) is 51.5 Å². The molecule has 0 radical (unpaired) electrons. The Morgan fingerprint density at radius 1 is 1.00 bits per heavy atom. The molecule has 1 aromatic rings. The second-order valence-corrected chi connectivity index (χ2v) is 8.30. The number of rotatable bonds is 6. The van der Waals surface area contributed by atoms with Crippen LogP contribution in [0.1, 0.15) is 50.5 Å². The van der Waals surface area contributed by atoms with Gasteiger partial charge in [-0.1, -0.05) is 0 Å². The van der Waals surface area contributed by atoms with Crippen molar-refractivity contribution in [2.24, 2.45) is 23.2 Å². The Balaban J connectivity index is 1.26. The minimum absolute atomic E-state index is 0.741. The predicted molar refractivity (Wildman–Crippen MR) is 88.7 cm³/mol. The van der Waals surface area contributed by atoms with Gasteiger partial charge in [0.05, 0.1) is 13.7 Å². The van der Waals surface area contributed by atoms with Crippen molar-refractivity contribution < 1.29 is 10.1 Å². The molecule has 22 heavy (non-hydrogen) atoms. The molecule has 4 fully saturated rings. The second-order valence-electron chi connectivity index (χ2n) is 8.30. The summed E-state index contributed by atoms with van der Waals surface area (Å²) in [4.78, 5) is 0. The van der Waals surface area contributed by atoms with Crippen LogP contribution in [-0.2, 0) is 6.54 Å². The Kier molecular flexibility index (Phi) is 3.89. The normalized spacial score (nSPS) is 35.8. The average molecular weight is 300 g/mol. The molecule has 0 spiro atoms. The van der Waals surface area contributed by atoms with E-state index in [-0.39, 0.29) is 0 Å². The summed E-state index contributed by atoms with van der Waals surface area (Å²) in [6.07, 6.45) is 10.8. The van der Waals surface area contributed by atoms with Gasteiger partial charge in [-0.15, -0.1) is 0 Å². The van der Waals surface area contributed by atoms with E-state index in [9.17, 15) is 0 Å². The Morgan fingerprint density at radius 2 is 1.59 bits per heavy atom. The SMILES string of the molecule is COc1ccc(C[NH2+]CCC23CC4CC(CC(C4)C2)C3)cc1. The Bertz CT molecular complexity index is 472. The standard InChI is InChI=1S/C20H29NO/c1-22-19-4-2-15(3-5-19)14-21-7-6-20-11-16-8-17(12-20)10-18(9-16)13-20/h2-5,16-18,21H,6-14H2,1H3/p+1. The maximum atomic E-state index is 5.22. The summed E-state index contributed by atoms with van der Waals surface area (Å²) < 4.78 is 5.22. The molecule has 2 N–H and O–H groups in total. The molecule has 4 aliphatic carbocycles. The summed E-state index contributed by atoms with van der Waals surface area (Å²) in [7, 11) is 1.73. The third-order valence-electron chi connectivity index (χ3n) is 6.58. The number of methoxy groups -OCH3 is 1. The van der Waals surface area contributed by atoms with Crippen LogP contribution in [-0.4, -0.2) is 13.7 Å². The van der Waals surface area contributed by atoms with E-state index in [1.807, 2.05) is 0 Å². The molecule has 4 aliphatic rings. The van der Waals surface area contributed by atoms with Gasteiger partial charge in [-0.2, -0.15) is 0 Å². The van der Waals surface area contributed by atoms with Gasteiger partial charge in [0.25, 0.3) is 0 Å². The van der Waals surface area contributed by atoms with E-state index < -0.39 is 0 Å². The Hall–Kier alpha value is -1.02. The maximum absolute atomic E-state index is 5.22. The third kappa shape index (κ3) is 2.90. The van der Waals surface area contributed by atoms with Crippen molar-refractivity contribution in [3.8, 4) is 5.75 Å². The van der Waals surface area contributed by atoms with E-state index in [0.717, 1.165) is 35.5 Å². The molecule has 0 saturated heterocycles. The summed E-state index contributed by atoms with van der Waals surface area (Å²) in [5.74, 6) is 4.23. The van der Waals surface area contributed by atoms with E-state index in [0.29, 0.717) is 0 Å². The zero-order chi connectivity index (χ0) is 15.0. The minimum atomic E-state index is 0.741. The highest BCUT2D eigenvalue weighted by atomic mass is 16.5.